The van der Waals surface area contributed by atoms with Crippen molar-refractivity contribution in [3.8, 4) is 0 Å². The largest absolute Gasteiger partial charge is 0.394 e. The normalized spacial score (nSPS) is 11.3. The highest BCUT2D eigenvalue weighted by atomic mass is 35.5. The van der Waals surface area contributed by atoms with Gasteiger partial charge in [-0.3, -0.25) is 10.1 Å². The van der Waals surface area contributed by atoms with Gasteiger partial charge in [-0.2, -0.15) is 0 Å². The number of pyridine rings is 1. The van der Waals surface area contributed by atoms with Crippen molar-refractivity contribution in [1.82, 2.24) is 4.98 Å². The minimum Gasteiger partial charge on any atom is -0.394 e. The van der Waals surface area contributed by atoms with Crippen LogP contribution >= 0.6 is 11.6 Å². The van der Waals surface area contributed by atoms with Crippen LogP contribution in [-0.2, 0) is 0 Å². The van der Waals surface area contributed by atoms with Gasteiger partial charge in [0.1, 0.15) is 5.54 Å². The zero-order chi connectivity index (χ0) is 13.8. The summed E-state index contributed by atoms with van der Waals surface area (Å²) in [5.41, 5.74) is -1.91. The molecule has 0 fully saturated rings. The molecule has 18 heavy (non-hydrogen) atoms. The molecule has 0 spiro atoms. The molecular formula is C9H12ClN3O5. The highest BCUT2D eigenvalue weighted by molar-refractivity contribution is 6.30. The Bertz CT molecular complexity index is 430. The van der Waals surface area contributed by atoms with Gasteiger partial charge in [-0.05, 0) is 0 Å². The molecule has 1 aromatic heterocycles. The van der Waals surface area contributed by atoms with Gasteiger partial charge in [-0.1, -0.05) is 11.6 Å². The second-order valence-corrected chi connectivity index (χ2v) is 4.09. The van der Waals surface area contributed by atoms with Gasteiger partial charge in [-0.25, -0.2) is 4.98 Å². The van der Waals surface area contributed by atoms with E-state index in [1.807, 2.05) is 0 Å². The Balaban J connectivity index is 3.13. The summed E-state index contributed by atoms with van der Waals surface area (Å²) < 4.78 is 0. The molecule has 1 aromatic rings. The first-order valence-electron chi connectivity index (χ1n) is 4.88. The molecule has 9 heteroatoms. The van der Waals surface area contributed by atoms with Gasteiger partial charge in [0, 0.05) is 12.3 Å². The number of nitrogens with zero attached hydrogens (tertiary/aromatic N) is 2. The van der Waals surface area contributed by atoms with E-state index in [2.05, 4.69) is 10.3 Å². The van der Waals surface area contributed by atoms with Crippen LogP contribution in [0.15, 0.2) is 12.3 Å². The number of halogens is 1. The molecule has 0 aliphatic rings. The van der Waals surface area contributed by atoms with Crippen molar-refractivity contribution in [3.05, 3.63) is 27.4 Å². The van der Waals surface area contributed by atoms with Gasteiger partial charge in [0.15, 0.2) is 0 Å². The van der Waals surface area contributed by atoms with Crippen LogP contribution in [0.4, 0.5) is 11.5 Å². The number of nitrogens with one attached hydrogen (secondary N) is 1. The van der Waals surface area contributed by atoms with Gasteiger partial charge in [0.05, 0.1) is 29.8 Å². The number of hydrogen-bond donors (Lipinski definition) is 4. The average Bonchev–Trinajstić information content (AvgIpc) is 2.37. The smallest absolute Gasteiger partial charge is 0.312 e. The fourth-order valence-corrected chi connectivity index (χ4v) is 1.34. The first kappa shape index (κ1) is 14.6. The molecule has 8 nitrogen and oxygen atoms in total. The number of aliphatic hydroxyl groups is 3. The maximum Gasteiger partial charge on any atom is 0.312 e. The molecule has 4 N–H and O–H groups in total. The minimum absolute atomic E-state index is 0.0786. The number of aliphatic hydroxyl groups excluding tert-OH is 3. The second-order valence-electron chi connectivity index (χ2n) is 3.66. The van der Waals surface area contributed by atoms with Crippen LogP contribution in [-0.4, -0.2) is 50.6 Å². The molecule has 0 saturated carbocycles. The summed E-state index contributed by atoms with van der Waals surface area (Å²) in [6.45, 7) is -1.87. The molecule has 0 bridgehead atoms. The third kappa shape index (κ3) is 3.05. The topological polar surface area (TPSA) is 129 Å². The van der Waals surface area contributed by atoms with E-state index >= 15 is 0 Å². The summed E-state index contributed by atoms with van der Waals surface area (Å²) in [7, 11) is 0. The summed E-state index contributed by atoms with van der Waals surface area (Å²) in [6.07, 6.45) is 1.17. The van der Waals surface area contributed by atoms with Gasteiger partial charge < -0.3 is 20.6 Å². The number of hydrogen-bond acceptors (Lipinski definition) is 7. The molecule has 100 valence electrons. The van der Waals surface area contributed by atoms with Crippen LogP contribution in [0.5, 0.6) is 0 Å². The molecule has 0 amide bonds. The summed E-state index contributed by atoms with van der Waals surface area (Å²) in [6, 6.07) is 1.08. The van der Waals surface area contributed by atoms with Crippen LogP contribution in [0.1, 0.15) is 0 Å². The molecule has 0 aromatic carbocycles. The van der Waals surface area contributed by atoms with Gasteiger partial charge in [-0.15, -0.1) is 0 Å². The van der Waals surface area contributed by atoms with Crippen molar-refractivity contribution in [2.75, 3.05) is 25.1 Å². The molecule has 0 aliphatic heterocycles. The minimum atomic E-state index is -1.49. The van der Waals surface area contributed by atoms with Crippen LogP contribution in [0.25, 0.3) is 0 Å². The van der Waals surface area contributed by atoms with Crippen LogP contribution in [0.3, 0.4) is 0 Å². The molecule has 0 unspecified atom stereocenters. The lowest BCUT2D eigenvalue weighted by Crippen LogP contribution is -2.49. The second kappa shape index (κ2) is 5.91. The van der Waals surface area contributed by atoms with E-state index in [-0.39, 0.29) is 10.8 Å². The van der Waals surface area contributed by atoms with Gasteiger partial charge >= 0.3 is 5.69 Å². The lowest BCUT2D eigenvalue weighted by atomic mass is 10.0. The van der Waals surface area contributed by atoms with Crippen molar-refractivity contribution in [3.63, 3.8) is 0 Å². The molecule has 0 radical (unpaired) electrons. The Kier molecular flexibility index (Phi) is 4.79. The van der Waals surface area contributed by atoms with E-state index < -0.39 is 36.0 Å². The fraction of sp³-hybridized carbons (Fsp3) is 0.444. The predicted molar refractivity (Wildman–Crippen MR) is 63.5 cm³/mol. The predicted octanol–water partition coefficient (Wildman–Crippen LogP) is -0.229. The summed E-state index contributed by atoms with van der Waals surface area (Å²) in [5, 5.41) is 40.7. The third-order valence-electron chi connectivity index (χ3n) is 2.32. The zero-order valence-corrected chi connectivity index (χ0v) is 9.96. The maximum atomic E-state index is 10.8. The molecule has 1 heterocycles. The van der Waals surface area contributed by atoms with E-state index in [0.717, 1.165) is 6.07 Å². The van der Waals surface area contributed by atoms with Gasteiger partial charge in [0.2, 0.25) is 5.82 Å². The zero-order valence-electron chi connectivity index (χ0n) is 9.21. The first-order chi connectivity index (χ1) is 8.48. The number of aromatic nitrogens is 1. The monoisotopic (exact) mass is 277 g/mol. The summed E-state index contributed by atoms with van der Waals surface area (Å²) in [5.74, 6) is -0.193. The van der Waals surface area contributed by atoms with Crippen LogP contribution in [0.2, 0.25) is 5.02 Å². The number of rotatable bonds is 6. The summed E-state index contributed by atoms with van der Waals surface area (Å²) in [4.78, 5) is 13.8. The van der Waals surface area contributed by atoms with Crippen LogP contribution < -0.4 is 5.32 Å². The highest BCUT2D eigenvalue weighted by Crippen LogP contribution is 2.27. The molecule has 1 rings (SSSR count). The number of nitro groups is 1. The standard InChI is InChI=1S/C9H12ClN3O5/c10-6-1-7(13(17)18)8(11-2-6)12-9(3-14,4-15)5-16/h1-2,14-16H,3-5H2,(H,11,12). The van der Waals surface area contributed by atoms with Crippen molar-refractivity contribution < 1.29 is 20.2 Å². The number of anilines is 1. The Morgan fingerprint density at radius 1 is 1.39 bits per heavy atom. The van der Waals surface area contributed by atoms with Crippen molar-refractivity contribution in [2.24, 2.45) is 0 Å². The lowest BCUT2D eigenvalue weighted by Gasteiger charge is -2.28. The van der Waals surface area contributed by atoms with E-state index in [1.54, 1.807) is 0 Å². The molecule has 0 saturated heterocycles. The van der Waals surface area contributed by atoms with E-state index in [4.69, 9.17) is 26.9 Å². The fourth-order valence-electron chi connectivity index (χ4n) is 1.18. The highest BCUT2D eigenvalue weighted by Gasteiger charge is 2.31. The van der Waals surface area contributed by atoms with Crippen molar-refractivity contribution in [1.29, 1.82) is 0 Å². The quantitative estimate of drug-likeness (QED) is 0.417. The van der Waals surface area contributed by atoms with Crippen molar-refractivity contribution >= 4 is 23.1 Å². The van der Waals surface area contributed by atoms with Crippen LogP contribution in [0, 0.1) is 10.1 Å². The van der Waals surface area contributed by atoms with E-state index in [9.17, 15) is 10.1 Å². The third-order valence-corrected chi connectivity index (χ3v) is 2.53. The molecule has 0 atom stereocenters. The van der Waals surface area contributed by atoms with Gasteiger partial charge in [0.25, 0.3) is 0 Å². The van der Waals surface area contributed by atoms with Crippen molar-refractivity contribution in [2.45, 2.75) is 5.54 Å². The SMILES string of the molecule is O=[N+]([O-])c1cc(Cl)cnc1NC(CO)(CO)CO. The molecule has 0 aliphatic carbocycles. The lowest BCUT2D eigenvalue weighted by molar-refractivity contribution is -0.384. The Hall–Kier alpha value is -1.48. The first-order valence-corrected chi connectivity index (χ1v) is 5.26. The summed E-state index contributed by atoms with van der Waals surface area (Å²) >= 11 is 5.59. The Morgan fingerprint density at radius 2 is 1.94 bits per heavy atom. The Labute approximate surface area is 107 Å². The maximum absolute atomic E-state index is 10.8. The Morgan fingerprint density at radius 3 is 2.39 bits per heavy atom. The van der Waals surface area contributed by atoms with E-state index in [0.29, 0.717) is 0 Å². The van der Waals surface area contributed by atoms with E-state index in [1.165, 1.54) is 6.20 Å². The molecular weight excluding hydrogens is 266 g/mol. The average molecular weight is 278 g/mol.